The molecule has 0 fully saturated rings. The fraction of sp³-hybridized carbons (Fsp3) is 0.417. The third-order valence-corrected chi connectivity index (χ3v) is 3.42. The first-order chi connectivity index (χ1) is 9.20. The summed E-state index contributed by atoms with van der Waals surface area (Å²) in [6, 6.07) is 0.191. The van der Waals surface area contributed by atoms with Gasteiger partial charge in [-0.3, -0.25) is 15.2 Å². The van der Waals surface area contributed by atoms with Gasteiger partial charge in [-0.2, -0.15) is 5.10 Å². The van der Waals surface area contributed by atoms with E-state index in [1.165, 1.54) is 17.5 Å². The van der Waals surface area contributed by atoms with Crippen molar-refractivity contribution in [1.82, 2.24) is 20.5 Å². The van der Waals surface area contributed by atoms with Gasteiger partial charge in [0.05, 0.1) is 17.5 Å². The lowest BCUT2D eigenvalue weighted by Gasteiger charge is -2.09. The third kappa shape index (κ3) is 3.62. The second-order valence-corrected chi connectivity index (χ2v) is 5.05. The van der Waals surface area contributed by atoms with Gasteiger partial charge in [-0.1, -0.05) is 6.92 Å². The van der Waals surface area contributed by atoms with E-state index >= 15 is 0 Å². The van der Waals surface area contributed by atoms with E-state index in [2.05, 4.69) is 39.7 Å². The average Bonchev–Trinajstić information content (AvgIpc) is 3.06. The van der Waals surface area contributed by atoms with E-state index in [-0.39, 0.29) is 11.9 Å². The largest absolute Gasteiger partial charge is 0.309 e. The number of hydrogen-bond acceptors (Lipinski definition) is 5. The zero-order valence-corrected chi connectivity index (χ0v) is 11.8. The van der Waals surface area contributed by atoms with Crippen LogP contribution in [0.1, 0.15) is 42.4 Å². The minimum absolute atomic E-state index is 0.191. The lowest BCUT2D eigenvalue weighted by atomic mass is 10.2. The highest BCUT2D eigenvalue weighted by Gasteiger charge is 2.12. The molecule has 19 heavy (non-hydrogen) atoms. The number of anilines is 1. The summed E-state index contributed by atoms with van der Waals surface area (Å²) in [7, 11) is 0. The molecular weight excluding hydrogens is 262 g/mol. The Balaban J connectivity index is 1.95. The van der Waals surface area contributed by atoms with E-state index in [0.29, 0.717) is 10.7 Å². The summed E-state index contributed by atoms with van der Waals surface area (Å²) in [5, 5.41) is 15.0. The van der Waals surface area contributed by atoms with E-state index in [4.69, 9.17) is 0 Å². The van der Waals surface area contributed by atoms with Gasteiger partial charge in [0.25, 0.3) is 5.91 Å². The molecule has 2 heterocycles. The van der Waals surface area contributed by atoms with Crippen LogP contribution in [0, 0.1) is 0 Å². The van der Waals surface area contributed by atoms with Crippen molar-refractivity contribution in [3.63, 3.8) is 0 Å². The van der Waals surface area contributed by atoms with Crippen LogP contribution in [0.2, 0.25) is 0 Å². The van der Waals surface area contributed by atoms with E-state index < -0.39 is 0 Å². The summed E-state index contributed by atoms with van der Waals surface area (Å²) in [6.45, 7) is 5.14. The molecule has 3 N–H and O–H groups in total. The van der Waals surface area contributed by atoms with Crippen LogP contribution in [0.4, 0.5) is 5.13 Å². The SMILES string of the molecule is CCCNC(C)c1csc(NC(=O)c2cn[nH]c2)n1. The first-order valence-corrected chi connectivity index (χ1v) is 7.07. The number of carbonyl (C=O) groups excluding carboxylic acids is 1. The Labute approximate surface area is 115 Å². The molecule has 7 heteroatoms. The Morgan fingerprint density at radius 1 is 1.58 bits per heavy atom. The summed E-state index contributed by atoms with van der Waals surface area (Å²) in [5.74, 6) is -0.205. The first-order valence-electron chi connectivity index (χ1n) is 6.19. The Bertz CT molecular complexity index is 522. The maximum Gasteiger partial charge on any atom is 0.260 e. The standard InChI is InChI=1S/C12H17N5OS/c1-3-4-13-8(2)10-7-19-12(16-10)17-11(18)9-5-14-15-6-9/h5-8,13H,3-4H2,1-2H3,(H,14,15)(H,16,17,18). The fourth-order valence-electron chi connectivity index (χ4n) is 1.55. The number of nitrogens with zero attached hydrogens (tertiary/aromatic N) is 2. The molecule has 0 aromatic carbocycles. The van der Waals surface area contributed by atoms with Crippen LogP contribution in [0.3, 0.4) is 0 Å². The zero-order chi connectivity index (χ0) is 13.7. The molecular formula is C12H17N5OS. The maximum atomic E-state index is 11.8. The van der Waals surface area contributed by atoms with Gasteiger partial charge in [-0.25, -0.2) is 4.98 Å². The van der Waals surface area contributed by atoms with E-state index in [9.17, 15) is 4.79 Å². The van der Waals surface area contributed by atoms with Crippen LogP contribution in [0.15, 0.2) is 17.8 Å². The van der Waals surface area contributed by atoms with Crippen LogP contribution in [0.25, 0.3) is 0 Å². The molecule has 2 rings (SSSR count). The maximum absolute atomic E-state index is 11.8. The molecule has 2 aromatic rings. The number of carbonyl (C=O) groups is 1. The van der Waals surface area contributed by atoms with Crippen molar-refractivity contribution < 1.29 is 4.79 Å². The number of nitrogens with one attached hydrogen (secondary N) is 3. The highest BCUT2D eigenvalue weighted by molar-refractivity contribution is 7.14. The minimum atomic E-state index is -0.205. The molecule has 0 saturated heterocycles. The van der Waals surface area contributed by atoms with Crippen molar-refractivity contribution in [2.45, 2.75) is 26.3 Å². The highest BCUT2D eigenvalue weighted by atomic mass is 32.1. The Morgan fingerprint density at radius 3 is 3.11 bits per heavy atom. The average molecular weight is 279 g/mol. The molecule has 6 nitrogen and oxygen atoms in total. The molecule has 0 radical (unpaired) electrons. The number of thiazole rings is 1. The summed E-state index contributed by atoms with van der Waals surface area (Å²) >= 11 is 1.42. The molecule has 1 unspecified atom stereocenters. The summed E-state index contributed by atoms with van der Waals surface area (Å²) in [4.78, 5) is 16.2. The van der Waals surface area contributed by atoms with Crippen molar-refractivity contribution in [3.8, 4) is 0 Å². The zero-order valence-electron chi connectivity index (χ0n) is 10.9. The topological polar surface area (TPSA) is 82.7 Å². The second kappa shape index (κ2) is 6.44. The van der Waals surface area contributed by atoms with E-state index in [1.54, 1.807) is 6.20 Å². The predicted molar refractivity (Wildman–Crippen MR) is 75.4 cm³/mol. The fourth-order valence-corrected chi connectivity index (χ4v) is 2.35. The second-order valence-electron chi connectivity index (χ2n) is 4.19. The van der Waals surface area contributed by atoms with Crippen LogP contribution < -0.4 is 10.6 Å². The van der Waals surface area contributed by atoms with Crippen LogP contribution >= 0.6 is 11.3 Å². The van der Waals surface area contributed by atoms with Gasteiger partial charge in [0, 0.05) is 17.6 Å². The van der Waals surface area contributed by atoms with Gasteiger partial charge in [0.15, 0.2) is 5.13 Å². The summed E-state index contributed by atoms with van der Waals surface area (Å²) in [5.41, 5.74) is 1.44. The molecule has 102 valence electrons. The molecule has 0 aliphatic carbocycles. The van der Waals surface area contributed by atoms with Crippen molar-refractivity contribution >= 4 is 22.4 Å². The Kier molecular flexibility index (Phi) is 4.64. The minimum Gasteiger partial charge on any atom is -0.309 e. The number of aromatic amines is 1. The highest BCUT2D eigenvalue weighted by Crippen LogP contribution is 2.21. The van der Waals surface area contributed by atoms with Crippen LogP contribution in [-0.4, -0.2) is 27.6 Å². The number of hydrogen-bond donors (Lipinski definition) is 3. The number of rotatable bonds is 6. The molecule has 0 aliphatic heterocycles. The Hall–Kier alpha value is -1.73. The Morgan fingerprint density at radius 2 is 2.42 bits per heavy atom. The molecule has 0 aliphatic rings. The van der Waals surface area contributed by atoms with E-state index in [1.807, 2.05) is 5.38 Å². The lowest BCUT2D eigenvalue weighted by Crippen LogP contribution is -2.19. The van der Waals surface area contributed by atoms with E-state index in [0.717, 1.165) is 18.7 Å². The molecule has 0 spiro atoms. The molecule has 1 atom stereocenters. The quantitative estimate of drug-likeness (QED) is 0.757. The number of amides is 1. The van der Waals surface area contributed by atoms with Gasteiger partial charge < -0.3 is 5.32 Å². The predicted octanol–water partition coefficient (Wildman–Crippen LogP) is 2.18. The van der Waals surface area contributed by atoms with Crippen molar-refractivity contribution in [2.24, 2.45) is 0 Å². The van der Waals surface area contributed by atoms with Crippen LogP contribution in [-0.2, 0) is 0 Å². The smallest absolute Gasteiger partial charge is 0.260 e. The molecule has 2 aromatic heterocycles. The van der Waals surface area contributed by atoms with Gasteiger partial charge in [-0.05, 0) is 19.9 Å². The van der Waals surface area contributed by atoms with Crippen molar-refractivity contribution in [3.05, 3.63) is 29.0 Å². The number of aromatic nitrogens is 3. The van der Waals surface area contributed by atoms with Gasteiger partial charge in [0.2, 0.25) is 0 Å². The van der Waals surface area contributed by atoms with Gasteiger partial charge >= 0.3 is 0 Å². The third-order valence-electron chi connectivity index (χ3n) is 2.65. The molecule has 0 bridgehead atoms. The summed E-state index contributed by atoms with van der Waals surface area (Å²) in [6.07, 6.45) is 4.11. The van der Waals surface area contributed by atoms with Crippen molar-refractivity contribution in [2.75, 3.05) is 11.9 Å². The lowest BCUT2D eigenvalue weighted by molar-refractivity contribution is 0.102. The molecule has 1 amide bonds. The van der Waals surface area contributed by atoms with Gasteiger partial charge in [-0.15, -0.1) is 11.3 Å². The number of H-pyrrole nitrogens is 1. The molecule has 0 saturated carbocycles. The first kappa shape index (κ1) is 13.7. The summed E-state index contributed by atoms with van der Waals surface area (Å²) < 4.78 is 0. The monoisotopic (exact) mass is 279 g/mol. The van der Waals surface area contributed by atoms with Gasteiger partial charge in [0.1, 0.15) is 0 Å². The van der Waals surface area contributed by atoms with Crippen LogP contribution in [0.5, 0.6) is 0 Å². The van der Waals surface area contributed by atoms with Crippen molar-refractivity contribution in [1.29, 1.82) is 0 Å². The normalized spacial score (nSPS) is 12.3.